The fourth-order valence-electron chi connectivity index (χ4n) is 2.40. The lowest BCUT2D eigenvalue weighted by molar-refractivity contribution is 0.184. The molecule has 0 amide bonds. The predicted molar refractivity (Wildman–Crippen MR) is 55.9 cm³/mol. The highest BCUT2D eigenvalue weighted by Gasteiger charge is 2.25. The van der Waals surface area contributed by atoms with Gasteiger partial charge in [-0.25, -0.2) is 0 Å². The van der Waals surface area contributed by atoms with E-state index in [4.69, 9.17) is 4.74 Å². The summed E-state index contributed by atoms with van der Waals surface area (Å²) in [7, 11) is 1.79. The second-order valence-electron chi connectivity index (χ2n) is 3.99. The van der Waals surface area contributed by atoms with Gasteiger partial charge in [-0.05, 0) is 38.1 Å². The van der Waals surface area contributed by atoms with Gasteiger partial charge < -0.3 is 10.1 Å². The maximum absolute atomic E-state index is 5.08. The molecule has 0 radical (unpaired) electrons. The lowest BCUT2D eigenvalue weighted by atomic mass is 9.98. The summed E-state index contributed by atoms with van der Waals surface area (Å²) < 4.78 is 5.08. The Morgan fingerprint density at radius 3 is 2.92 bits per heavy atom. The number of hydrogen-bond donors (Lipinski definition) is 1. The third-order valence-electron chi connectivity index (χ3n) is 3.05. The van der Waals surface area contributed by atoms with E-state index in [0.29, 0.717) is 0 Å². The molecule has 0 aromatic heterocycles. The molecule has 0 saturated heterocycles. The van der Waals surface area contributed by atoms with Crippen molar-refractivity contribution in [1.29, 1.82) is 0 Å². The Hall–Kier alpha value is -0.0800. The molecule has 0 spiro atoms. The zero-order chi connectivity index (χ0) is 9.52. The van der Waals surface area contributed by atoms with Gasteiger partial charge in [0.1, 0.15) is 0 Å². The highest BCUT2D eigenvalue weighted by molar-refractivity contribution is 4.82. The van der Waals surface area contributed by atoms with Gasteiger partial charge in [0.05, 0.1) is 0 Å². The normalized spacial score (nSPS) is 28.2. The SMILES string of the molecule is CCNC1CCCC1CCCOC. The largest absolute Gasteiger partial charge is 0.385 e. The van der Waals surface area contributed by atoms with Crippen LogP contribution in [0.15, 0.2) is 0 Å². The summed E-state index contributed by atoms with van der Waals surface area (Å²) in [5.74, 6) is 0.912. The van der Waals surface area contributed by atoms with E-state index in [0.717, 1.165) is 25.1 Å². The van der Waals surface area contributed by atoms with Crippen molar-refractivity contribution in [3.63, 3.8) is 0 Å². The van der Waals surface area contributed by atoms with E-state index in [-0.39, 0.29) is 0 Å². The van der Waals surface area contributed by atoms with Crippen LogP contribution in [0.25, 0.3) is 0 Å². The van der Waals surface area contributed by atoms with Gasteiger partial charge in [-0.3, -0.25) is 0 Å². The smallest absolute Gasteiger partial charge is 0.0462 e. The molecule has 78 valence electrons. The number of hydrogen-bond acceptors (Lipinski definition) is 2. The Morgan fingerprint density at radius 1 is 1.38 bits per heavy atom. The number of methoxy groups -OCH3 is 1. The van der Waals surface area contributed by atoms with Gasteiger partial charge in [0.2, 0.25) is 0 Å². The van der Waals surface area contributed by atoms with Crippen LogP contribution in [0.4, 0.5) is 0 Å². The average molecular weight is 185 g/mol. The molecular formula is C11H23NO. The minimum Gasteiger partial charge on any atom is -0.385 e. The first-order valence-electron chi connectivity index (χ1n) is 5.60. The van der Waals surface area contributed by atoms with Crippen molar-refractivity contribution in [2.75, 3.05) is 20.3 Å². The predicted octanol–water partition coefficient (Wildman–Crippen LogP) is 2.19. The van der Waals surface area contributed by atoms with Gasteiger partial charge in [-0.15, -0.1) is 0 Å². The van der Waals surface area contributed by atoms with E-state index in [1.807, 2.05) is 0 Å². The Kier molecular flexibility index (Phi) is 5.40. The van der Waals surface area contributed by atoms with Crippen LogP contribution in [0.3, 0.4) is 0 Å². The highest BCUT2D eigenvalue weighted by atomic mass is 16.5. The molecule has 0 aromatic carbocycles. The first-order chi connectivity index (χ1) is 6.38. The maximum Gasteiger partial charge on any atom is 0.0462 e. The van der Waals surface area contributed by atoms with E-state index in [9.17, 15) is 0 Å². The summed E-state index contributed by atoms with van der Waals surface area (Å²) in [6.07, 6.45) is 6.77. The molecule has 2 atom stereocenters. The lowest BCUT2D eigenvalue weighted by Crippen LogP contribution is -2.32. The first kappa shape index (κ1) is 11.0. The van der Waals surface area contributed by atoms with Gasteiger partial charge in [-0.1, -0.05) is 13.3 Å². The minimum atomic E-state index is 0.793. The van der Waals surface area contributed by atoms with Crippen molar-refractivity contribution in [3.05, 3.63) is 0 Å². The first-order valence-corrected chi connectivity index (χ1v) is 5.60. The summed E-state index contributed by atoms with van der Waals surface area (Å²) >= 11 is 0. The van der Waals surface area contributed by atoms with E-state index < -0.39 is 0 Å². The van der Waals surface area contributed by atoms with Crippen molar-refractivity contribution in [1.82, 2.24) is 5.32 Å². The van der Waals surface area contributed by atoms with Crippen LogP contribution in [0, 0.1) is 5.92 Å². The zero-order valence-corrected chi connectivity index (χ0v) is 9.01. The van der Waals surface area contributed by atoms with Gasteiger partial charge in [0.15, 0.2) is 0 Å². The third-order valence-corrected chi connectivity index (χ3v) is 3.05. The number of rotatable bonds is 6. The van der Waals surface area contributed by atoms with Gasteiger partial charge in [0.25, 0.3) is 0 Å². The van der Waals surface area contributed by atoms with Crippen LogP contribution in [0.5, 0.6) is 0 Å². The summed E-state index contributed by atoms with van der Waals surface area (Å²) in [5, 5.41) is 3.58. The topological polar surface area (TPSA) is 21.3 Å². The lowest BCUT2D eigenvalue weighted by Gasteiger charge is -2.19. The Labute approximate surface area is 82.0 Å². The molecule has 1 N–H and O–H groups in total. The Balaban J connectivity index is 2.15. The van der Waals surface area contributed by atoms with Crippen molar-refractivity contribution in [2.45, 2.75) is 45.1 Å². The van der Waals surface area contributed by atoms with Crippen LogP contribution < -0.4 is 5.32 Å². The van der Waals surface area contributed by atoms with E-state index >= 15 is 0 Å². The second kappa shape index (κ2) is 6.39. The van der Waals surface area contributed by atoms with E-state index in [1.54, 1.807) is 7.11 Å². The molecule has 0 heterocycles. The molecule has 0 bridgehead atoms. The molecule has 1 rings (SSSR count). The molecule has 1 fully saturated rings. The molecule has 1 saturated carbocycles. The molecule has 2 unspecified atom stereocenters. The Bertz CT molecular complexity index is 127. The van der Waals surface area contributed by atoms with Crippen molar-refractivity contribution < 1.29 is 4.74 Å². The molecule has 2 heteroatoms. The highest BCUT2D eigenvalue weighted by Crippen LogP contribution is 2.29. The summed E-state index contributed by atoms with van der Waals surface area (Å²) in [4.78, 5) is 0. The van der Waals surface area contributed by atoms with E-state index in [2.05, 4.69) is 12.2 Å². The van der Waals surface area contributed by atoms with Crippen molar-refractivity contribution in [3.8, 4) is 0 Å². The van der Waals surface area contributed by atoms with Crippen LogP contribution in [-0.4, -0.2) is 26.3 Å². The fourth-order valence-corrected chi connectivity index (χ4v) is 2.40. The van der Waals surface area contributed by atoms with Gasteiger partial charge in [-0.2, -0.15) is 0 Å². The quantitative estimate of drug-likeness (QED) is 0.640. The third kappa shape index (κ3) is 3.65. The maximum atomic E-state index is 5.08. The van der Waals surface area contributed by atoms with E-state index in [1.165, 1.54) is 32.1 Å². The molecular weight excluding hydrogens is 162 g/mol. The van der Waals surface area contributed by atoms with Crippen molar-refractivity contribution in [2.24, 2.45) is 5.92 Å². The monoisotopic (exact) mass is 185 g/mol. The van der Waals surface area contributed by atoms with Gasteiger partial charge in [0, 0.05) is 19.8 Å². The van der Waals surface area contributed by atoms with Crippen molar-refractivity contribution >= 4 is 0 Å². The summed E-state index contributed by atoms with van der Waals surface area (Å²) in [5.41, 5.74) is 0. The summed E-state index contributed by atoms with van der Waals surface area (Å²) in [6, 6.07) is 0.793. The molecule has 0 aliphatic heterocycles. The number of ether oxygens (including phenoxy) is 1. The second-order valence-corrected chi connectivity index (χ2v) is 3.99. The Morgan fingerprint density at radius 2 is 2.23 bits per heavy atom. The van der Waals surface area contributed by atoms with Gasteiger partial charge >= 0.3 is 0 Å². The van der Waals surface area contributed by atoms with Crippen LogP contribution in [0.1, 0.15) is 39.0 Å². The average Bonchev–Trinajstić information content (AvgIpc) is 2.54. The minimum absolute atomic E-state index is 0.793. The van der Waals surface area contributed by atoms with Crippen LogP contribution >= 0.6 is 0 Å². The standard InChI is InChI=1S/C11H23NO/c1-3-12-11-8-4-6-10(11)7-5-9-13-2/h10-12H,3-9H2,1-2H3. The molecule has 1 aliphatic carbocycles. The fraction of sp³-hybridized carbons (Fsp3) is 1.00. The summed E-state index contributed by atoms with van der Waals surface area (Å²) in [6.45, 7) is 4.24. The number of nitrogens with one attached hydrogen (secondary N) is 1. The molecule has 1 aliphatic rings. The molecule has 0 aromatic rings. The van der Waals surface area contributed by atoms with Crippen LogP contribution in [0.2, 0.25) is 0 Å². The molecule has 2 nitrogen and oxygen atoms in total. The molecule has 13 heavy (non-hydrogen) atoms. The van der Waals surface area contributed by atoms with Crippen LogP contribution in [-0.2, 0) is 4.74 Å². The zero-order valence-electron chi connectivity index (χ0n) is 9.01.